The highest BCUT2D eigenvalue weighted by Gasteiger charge is 2.29. The van der Waals surface area contributed by atoms with Crippen molar-refractivity contribution in [3.05, 3.63) is 24.3 Å². The van der Waals surface area contributed by atoms with Gasteiger partial charge in [-0.3, -0.25) is 9.63 Å². The van der Waals surface area contributed by atoms with Crippen LogP contribution in [-0.4, -0.2) is 49.9 Å². The molecule has 0 bridgehead atoms. The number of aromatic amines is 1. The first-order valence-electron chi connectivity index (χ1n) is 9.11. The Morgan fingerprint density at radius 3 is 3.00 bits per heavy atom. The molecule has 5 rings (SSSR count). The van der Waals surface area contributed by atoms with Gasteiger partial charge in [-0.25, -0.2) is 15.0 Å². The summed E-state index contributed by atoms with van der Waals surface area (Å²) in [6.45, 7) is 1.25. The van der Waals surface area contributed by atoms with Crippen LogP contribution >= 0.6 is 0 Å². The Bertz CT molecular complexity index is 941. The second kappa shape index (κ2) is 6.33. The number of hydrogen-bond donors (Lipinski definition) is 3. The predicted molar refractivity (Wildman–Crippen MR) is 93.2 cm³/mol. The van der Waals surface area contributed by atoms with Crippen molar-refractivity contribution >= 4 is 22.5 Å². The van der Waals surface area contributed by atoms with Gasteiger partial charge in [0.1, 0.15) is 23.5 Å². The van der Waals surface area contributed by atoms with E-state index < -0.39 is 0 Å². The lowest BCUT2D eigenvalue weighted by atomic mass is 9.80. The van der Waals surface area contributed by atoms with Crippen molar-refractivity contribution in [3.63, 3.8) is 0 Å². The van der Waals surface area contributed by atoms with Gasteiger partial charge in [-0.2, -0.15) is 0 Å². The Morgan fingerprint density at radius 1 is 1.31 bits per heavy atom. The molecule has 4 heterocycles. The summed E-state index contributed by atoms with van der Waals surface area (Å²) in [6, 6.07) is 1.82. The van der Waals surface area contributed by atoms with E-state index in [9.17, 15) is 4.79 Å². The van der Waals surface area contributed by atoms with Crippen molar-refractivity contribution in [2.45, 2.75) is 37.6 Å². The average molecular weight is 355 g/mol. The summed E-state index contributed by atoms with van der Waals surface area (Å²) in [5, 5.41) is 13.1. The molecule has 0 unspecified atom stereocenters. The first-order valence-corrected chi connectivity index (χ1v) is 9.11. The first kappa shape index (κ1) is 15.7. The van der Waals surface area contributed by atoms with Crippen molar-refractivity contribution in [3.8, 4) is 0 Å². The minimum Gasteiger partial charge on any atom is -0.346 e. The molecular formula is C17H21N7O2. The van der Waals surface area contributed by atoms with Crippen LogP contribution in [0.2, 0.25) is 0 Å². The molecule has 3 N–H and O–H groups in total. The van der Waals surface area contributed by atoms with Crippen molar-refractivity contribution < 1.29 is 9.63 Å². The summed E-state index contributed by atoms with van der Waals surface area (Å²) in [5.41, 5.74) is 5.40. The maximum Gasteiger partial charge on any atom is 0.263 e. The van der Waals surface area contributed by atoms with E-state index in [4.69, 9.17) is 4.84 Å². The van der Waals surface area contributed by atoms with Crippen molar-refractivity contribution in [1.82, 2.24) is 35.6 Å². The highest BCUT2D eigenvalue weighted by molar-refractivity contribution is 5.92. The third kappa shape index (κ3) is 2.63. The van der Waals surface area contributed by atoms with Crippen LogP contribution in [0.25, 0.3) is 16.6 Å². The lowest BCUT2D eigenvalue weighted by Crippen LogP contribution is -2.40. The largest absolute Gasteiger partial charge is 0.346 e. The van der Waals surface area contributed by atoms with E-state index in [0.29, 0.717) is 18.4 Å². The number of nitrogens with zero attached hydrogens (tertiary/aromatic N) is 4. The molecule has 9 heteroatoms. The number of nitrogens with one attached hydrogen (secondary N) is 3. The molecule has 2 fully saturated rings. The van der Waals surface area contributed by atoms with Crippen molar-refractivity contribution in [1.29, 1.82) is 0 Å². The minimum atomic E-state index is -0.219. The molecule has 1 aliphatic carbocycles. The van der Waals surface area contributed by atoms with E-state index in [1.165, 1.54) is 0 Å². The number of carbonyl (C=O) groups is 1. The standard InChI is InChI=1S/C17H21N7O2/c25-17-13(8-26-22-17)19-7-10-1-3-11(4-2-10)14-15-12-5-6-18-16(12)20-9-24(15)23-21-14/h5-6,9-11,13,18-19H,1-4,7-8H2,(H,22,25)/t10?,11?,13-/m1/s1. The smallest absolute Gasteiger partial charge is 0.263 e. The fraction of sp³-hybridized carbons (Fsp3) is 0.529. The van der Waals surface area contributed by atoms with E-state index in [-0.39, 0.29) is 11.9 Å². The number of carbonyl (C=O) groups excluding carboxylic acids is 1. The predicted octanol–water partition coefficient (Wildman–Crippen LogP) is 0.899. The number of fused-ring (bicyclic) bond motifs is 3. The zero-order chi connectivity index (χ0) is 17.5. The Hall–Kier alpha value is -2.52. The first-order chi connectivity index (χ1) is 12.8. The summed E-state index contributed by atoms with van der Waals surface area (Å²) < 4.78 is 1.78. The molecule has 1 atom stereocenters. The molecule has 1 saturated carbocycles. The number of hydrogen-bond acceptors (Lipinski definition) is 6. The van der Waals surface area contributed by atoms with Crippen LogP contribution < -0.4 is 10.8 Å². The van der Waals surface area contributed by atoms with Crippen LogP contribution in [0.5, 0.6) is 0 Å². The monoisotopic (exact) mass is 355 g/mol. The van der Waals surface area contributed by atoms with Gasteiger partial charge < -0.3 is 10.3 Å². The number of amides is 1. The van der Waals surface area contributed by atoms with Crippen LogP contribution in [-0.2, 0) is 9.63 Å². The highest BCUT2D eigenvalue weighted by Crippen LogP contribution is 2.37. The van der Waals surface area contributed by atoms with E-state index in [0.717, 1.165) is 54.5 Å². The topological polar surface area (TPSA) is 109 Å². The molecular weight excluding hydrogens is 334 g/mol. The number of hydroxylamine groups is 1. The number of aromatic nitrogens is 5. The fourth-order valence-electron chi connectivity index (χ4n) is 4.14. The third-order valence-corrected chi connectivity index (χ3v) is 5.62. The van der Waals surface area contributed by atoms with Gasteiger partial charge >= 0.3 is 0 Å². The van der Waals surface area contributed by atoms with Gasteiger partial charge in [-0.15, -0.1) is 5.10 Å². The maximum atomic E-state index is 11.5. The Balaban J connectivity index is 1.27. The zero-order valence-electron chi connectivity index (χ0n) is 14.3. The molecule has 2 aliphatic rings. The van der Waals surface area contributed by atoms with Crippen LogP contribution in [0.15, 0.2) is 18.6 Å². The zero-order valence-corrected chi connectivity index (χ0v) is 14.3. The maximum absolute atomic E-state index is 11.5. The fourth-order valence-corrected chi connectivity index (χ4v) is 4.14. The normalized spacial score (nSPS) is 26.6. The van der Waals surface area contributed by atoms with E-state index in [2.05, 4.69) is 31.1 Å². The van der Waals surface area contributed by atoms with Gasteiger partial charge in [0, 0.05) is 17.5 Å². The molecule has 3 aromatic heterocycles. The molecule has 0 radical (unpaired) electrons. The number of rotatable bonds is 4. The Labute approximate surface area is 149 Å². The molecule has 1 saturated heterocycles. The summed E-state index contributed by atoms with van der Waals surface area (Å²) in [5.74, 6) is 0.927. The minimum absolute atomic E-state index is 0.0710. The summed E-state index contributed by atoms with van der Waals surface area (Å²) in [4.78, 5) is 24.0. The molecule has 3 aromatic rings. The van der Waals surface area contributed by atoms with Crippen LogP contribution in [0.4, 0.5) is 0 Å². The highest BCUT2D eigenvalue weighted by atomic mass is 16.7. The van der Waals surface area contributed by atoms with Crippen molar-refractivity contribution in [2.24, 2.45) is 5.92 Å². The summed E-state index contributed by atoms with van der Waals surface area (Å²) in [6.07, 6.45) is 8.03. The van der Waals surface area contributed by atoms with Gasteiger partial charge in [0.05, 0.1) is 12.3 Å². The van der Waals surface area contributed by atoms with Crippen LogP contribution in [0.3, 0.4) is 0 Å². The van der Waals surface area contributed by atoms with Crippen LogP contribution in [0.1, 0.15) is 37.3 Å². The van der Waals surface area contributed by atoms with Crippen molar-refractivity contribution in [2.75, 3.05) is 13.2 Å². The third-order valence-electron chi connectivity index (χ3n) is 5.62. The summed E-state index contributed by atoms with van der Waals surface area (Å²) >= 11 is 0. The molecule has 0 spiro atoms. The molecule has 136 valence electrons. The van der Waals surface area contributed by atoms with Crippen LogP contribution in [0, 0.1) is 5.92 Å². The van der Waals surface area contributed by atoms with E-state index in [1.807, 2.05) is 12.3 Å². The van der Waals surface area contributed by atoms with Gasteiger partial charge in [0.2, 0.25) is 0 Å². The molecule has 9 nitrogen and oxygen atoms in total. The van der Waals surface area contributed by atoms with E-state index in [1.54, 1.807) is 10.8 Å². The van der Waals surface area contributed by atoms with Gasteiger partial charge in [0.15, 0.2) is 0 Å². The quantitative estimate of drug-likeness (QED) is 0.641. The number of H-pyrrole nitrogens is 1. The van der Waals surface area contributed by atoms with Gasteiger partial charge in [-0.1, -0.05) is 5.21 Å². The van der Waals surface area contributed by atoms with Gasteiger partial charge in [-0.05, 0) is 44.2 Å². The molecule has 1 amide bonds. The average Bonchev–Trinajstić information content (AvgIpc) is 3.39. The molecule has 0 aromatic carbocycles. The second-order valence-electron chi connectivity index (χ2n) is 7.21. The van der Waals surface area contributed by atoms with E-state index >= 15 is 0 Å². The molecule has 26 heavy (non-hydrogen) atoms. The summed E-state index contributed by atoms with van der Waals surface area (Å²) in [7, 11) is 0. The lowest BCUT2D eigenvalue weighted by Gasteiger charge is -2.28. The SMILES string of the molecule is O=C1NOC[C@H]1NCC1CCC(c2nnn3cnc4[nH]ccc4c23)CC1. The Kier molecular flexibility index (Phi) is 3.83. The second-order valence-corrected chi connectivity index (χ2v) is 7.21. The van der Waals surface area contributed by atoms with Gasteiger partial charge in [0.25, 0.3) is 5.91 Å². The Morgan fingerprint density at radius 2 is 2.19 bits per heavy atom. The lowest BCUT2D eigenvalue weighted by molar-refractivity contribution is -0.125. The molecule has 1 aliphatic heterocycles.